The van der Waals surface area contributed by atoms with E-state index in [9.17, 15) is 5.11 Å². The van der Waals surface area contributed by atoms with Crippen LogP contribution in [0.2, 0.25) is 0 Å². The number of rotatable bonds is 1. The molecule has 2 aromatic carbocycles. The second-order valence-electron chi connectivity index (χ2n) is 6.58. The molecule has 0 fully saturated rings. The molecule has 0 bridgehead atoms. The van der Waals surface area contributed by atoms with Crippen molar-refractivity contribution in [2.75, 3.05) is 0 Å². The van der Waals surface area contributed by atoms with Crippen molar-refractivity contribution in [3.8, 4) is 0 Å². The van der Waals surface area contributed by atoms with Crippen LogP contribution in [-0.4, -0.2) is 10.7 Å². The van der Waals surface area contributed by atoms with Gasteiger partial charge in [-0.05, 0) is 43.0 Å². The van der Waals surface area contributed by atoms with Gasteiger partial charge in [0, 0.05) is 11.3 Å². The van der Waals surface area contributed by atoms with E-state index in [1.54, 1.807) is 0 Å². The maximum Gasteiger partial charge on any atom is 0.0725 e. The van der Waals surface area contributed by atoms with Gasteiger partial charge in [-0.2, -0.15) is 0 Å². The molecule has 1 aliphatic rings. The maximum atomic E-state index is 10.9. The highest BCUT2D eigenvalue weighted by atomic mass is 16.3. The smallest absolute Gasteiger partial charge is 0.0725 e. The van der Waals surface area contributed by atoms with Crippen molar-refractivity contribution >= 4 is 0 Å². The van der Waals surface area contributed by atoms with Gasteiger partial charge in [-0.3, -0.25) is 0 Å². The Hall–Kier alpha value is -1.60. The highest BCUT2D eigenvalue weighted by Gasteiger charge is 2.48. The molecule has 2 aromatic rings. The lowest BCUT2D eigenvalue weighted by Gasteiger charge is -2.47. The molecule has 0 amide bonds. The van der Waals surface area contributed by atoms with Crippen molar-refractivity contribution in [2.24, 2.45) is 0 Å². The lowest BCUT2D eigenvalue weighted by molar-refractivity contribution is 0.0177. The van der Waals surface area contributed by atoms with Crippen LogP contribution in [0.5, 0.6) is 0 Å². The van der Waals surface area contributed by atoms with Crippen molar-refractivity contribution in [2.45, 2.75) is 44.6 Å². The van der Waals surface area contributed by atoms with Crippen molar-refractivity contribution in [3.05, 3.63) is 70.8 Å². The second-order valence-corrected chi connectivity index (χ2v) is 6.58. The molecule has 0 radical (unpaired) electrons. The lowest BCUT2D eigenvalue weighted by Crippen LogP contribution is -2.48. The summed E-state index contributed by atoms with van der Waals surface area (Å²) in [6.45, 7) is 8.24. The summed E-state index contributed by atoms with van der Waals surface area (Å²) in [5.41, 5.74) is 3.95. The van der Waals surface area contributed by atoms with Crippen LogP contribution in [0.4, 0.5) is 0 Å². The summed E-state index contributed by atoms with van der Waals surface area (Å²) < 4.78 is 0. The first kappa shape index (κ1) is 13.4. The third kappa shape index (κ3) is 1.59. The summed E-state index contributed by atoms with van der Waals surface area (Å²) in [5, 5.41) is 10.9. The van der Waals surface area contributed by atoms with Crippen molar-refractivity contribution in [1.29, 1.82) is 0 Å². The second kappa shape index (κ2) is 4.20. The molecule has 20 heavy (non-hydrogen) atoms. The Bertz CT molecular complexity index is 601. The minimum absolute atomic E-state index is 0.373. The SMILES string of the molecule is CC1c2ccccc2C(C)(C(C)(C)O)c2ccccc21. The van der Waals surface area contributed by atoms with Crippen LogP contribution < -0.4 is 0 Å². The van der Waals surface area contributed by atoms with Crippen LogP contribution in [0, 0.1) is 0 Å². The number of aliphatic hydroxyl groups is 1. The summed E-state index contributed by atoms with van der Waals surface area (Å²) >= 11 is 0. The zero-order valence-electron chi connectivity index (χ0n) is 12.6. The highest BCUT2D eigenvalue weighted by Crippen LogP contribution is 2.51. The number of fused-ring (bicyclic) bond motifs is 2. The molecule has 1 N–H and O–H groups in total. The van der Waals surface area contributed by atoms with Crippen LogP contribution in [0.3, 0.4) is 0 Å². The van der Waals surface area contributed by atoms with E-state index in [4.69, 9.17) is 0 Å². The molecule has 1 nitrogen and oxygen atoms in total. The monoisotopic (exact) mass is 266 g/mol. The van der Waals surface area contributed by atoms with E-state index in [0.717, 1.165) is 0 Å². The van der Waals surface area contributed by atoms with E-state index in [1.165, 1.54) is 22.3 Å². The average molecular weight is 266 g/mol. The third-order valence-corrected chi connectivity index (χ3v) is 5.16. The van der Waals surface area contributed by atoms with E-state index in [2.05, 4.69) is 62.4 Å². The topological polar surface area (TPSA) is 20.2 Å². The molecule has 104 valence electrons. The molecular weight excluding hydrogens is 244 g/mol. The fraction of sp³-hybridized carbons (Fsp3) is 0.368. The zero-order chi connectivity index (χ0) is 14.5. The Morgan fingerprint density at radius 1 is 0.900 bits per heavy atom. The molecule has 1 aliphatic carbocycles. The molecular formula is C19H22O. The minimum atomic E-state index is -0.820. The Kier molecular flexibility index (Phi) is 2.81. The van der Waals surface area contributed by atoms with E-state index >= 15 is 0 Å². The average Bonchev–Trinajstić information content (AvgIpc) is 2.43. The van der Waals surface area contributed by atoms with Crippen molar-refractivity contribution in [1.82, 2.24) is 0 Å². The predicted octanol–water partition coefficient (Wildman–Crippen LogP) is 4.23. The Morgan fingerprint density at radius 2 is 1.30 bits per heavy atom. The number of hydrogen-bond acceptors (Lipinski definition) is 1. The molecule has 0 saturated carbocycles. The van der Waals surface area contributed by atoms with Gasteiger partial charge in [0.25, 0.3) is 0 Å². The summed E-state index contributed by atoms with van der Waals surface area (Å²) in [6, 6.07) is 17.1. The van der Waals surface area contributed by atoms with Gasteiger partial charge < -0.3 is 5.11 Å². The van der Waals surface area contributed by atoms with Gasteiger partial charge in [-0.1, -0.05) is 55.5 Å². The Balaban J connectivity index is 2.40. The van der Waals surface area contributed by atoms with Gasteiger partial charge in [0.15, 0.2) is 0 Å². The fourth-order valence-electron chi connectivity index (χ4n) is 3.63. The summed E-state index contributed by atoms with van der Waals surface area (Å²) in [4.78, 5) is 0. The lowest BCUT2D eigenvalue weighted by atomic mass is 9.58. The van der Waals surface area contributed by atoms with Crippen LogP contribution in [-0.2, 0) is 5.41 Å². The number of benzene rings is 2. The van der Waals surface area contributed by atoms with Crippen molar-refractivity contribution < 1.29 is 5.11 Å². The van der Waals surface area contributed by atoms with Crippen LogP contribution in [0.1, 0.15) is 55.9 Å². The van der Waals surface area contributed by atoms with Crippen molar-refractivity contribution in [3.63, 3.8) is 0 Å². The molecule has 0 aliphatic heterocycles. The Labute approximate surface area is 121 Å². The quantitative estimate of drug-likeness (QED) is 0.819. The summed E-state index contributed by atoms with van der Waals surface area (Å²) in [7, 11) is 0. The highest BCUT2D eigenvalue weighted by molar-refractivity contribution is 5.57. The van der Waals surface area contributed by atoms with E-state index in [0.29, 0.717) is 5.92 Å². The molecule has 0 spiro atoms. The predicted molar refractivity (Wildman–Crippen MR) is 83.2 cm³/mol. The van der Waals surface area contributed by atoms with Gasteiger partial charge in [0.05, 0.1) is 5.60 Å². The fourth-order valence-corrected chi connectivity index (χ4v) is 3.63. The zero-order valence-corrected chi connectivity index (χ0v) is 12.6. The standard InChI is InChI=1S/C19H22O/c1-13-14-9-5-7-11-16(14)19(4,18(2,3)20)17-12-8-6-10-15(13)17/h5-13,20H,1-4H3. The molecule has 0 heterocycles. The van der Waals surface area contributed by atoms with E-state index in [1.807, 2.05) is 13.8 Å². The van der Waals surface area contributed by atoms with Gasteiger partial charge in [0.1, 0.15) is 0 Å². The normalized spacial score (nSPS) is 24.9. The van der Waals surface area contributed by atoms with Gasteiger partial charge in [-0.25, -0.2) is 0 Å². The first-order valence-electron chi connectivity index (χ1n) is 7.28. The van der Waals surface area contributed by atoms with Crippen LogP contribution in [0.25, 0.3) is 0 Å². The minimum Gasteiger partial charge on any atom is -0.389 e. The maximum absolute atomic E-state index is 10.9. The third-order valence-electron chi connectivity index (χ3n) is 5.16. The molecule has 3 rings (SSSR count). The van der Waals surface area contributed by atoms with Crippen LogP contribution in [0.15, 0.2) is 48.5 Å². The van der Waals surface area contributed by atoms with Gasteiger partial charge in [0.2, 0.25) is 0 Å². The molecule has 0 atom stereocenters. The molecule has 0 unspecified atom stereocenters. The van der Waals surface area contributed by atoms with Gasteiger partial charge in [-0.15, -0.1) is 0 Å². The summed E-state index contributed by atoms with van der Waals surface area (Å²) in [5.74, 6) is 0.373. The van der Waals surface area contributed by atoms with Gasteiger partial charge >= 0.3 is 0 Å². The summed E-state index contributed by atoms with van der Waals surface area (Å²) in [6.07, 6.45) is 0. The first-order chi connectivity index (χ1) is 9.37. The molecule has 0 saturated heterocycles. The largest absolute Gasteiger partial charge is 0.389 e. The molecule has 1 heteroatoms. The number of hydrogen-bond donors (Lipinski definition) is 1. The van der Waals surface area contributed by atoms with Crippen LogP contribution >= 0.6 is 0 Å². The van der Waals surface area contributed by atoms with E-state index in [-0.39, 0.29) is 5.41 Å². The van der Waals surface area contributed by atoms with E-state index < -0.39 is 5.60 Å². The first-order valence-corrected chi connectivity index (χ1v) is 7.28. The molecule has 0 aromatic heterocycles. The Morgan fingerprint density at radius 3 is 1.70 bits per heavy atom.